The van der Waals surface area contributed by atoms with E-state index in [0.717, 1.165) is 12.1 Å². The van der Waals surface area contributed by atoms with Crippen LogP contribution in [0.2, 0.25) is 0 Å². The first-order valence-corrected chi connectivity index (χ1v) is 6.20. The molecule has 2 rings (SSSR count). The maximum Gasteiger partial charge on any atom is 0.422 e. The van der Waals surface area contributed by atoms with E-state index in [1.807, 2.05) is 0 Å². The molecule has 0 aliphatic heterocycles. The van der Waals surface area contributed by atoms with Gasteiger partial charge in [0.2, 0.25) is 5.91 Å². The van der Waals surface area contributed by atoms with E-state index in [4.69, 9.17) is 5.11 Å². The molecule has 1 fully saturated rings. The molecule has 0 radical (unpaired) electrons. The van der Waals surface area contributed by atoms with Gasteiger partial charge in [0.25, 0.3) is 0 Å². The summed E-state index contributed by atoms with van der Waals surface area (Å²) in [6.07, 6.45) is -4.46. The molecule has 1 aliphatic carbocycles. The number of anilines is 1. The summed E-state index contributed by atoms with van der Waals surface area (Å²) in [5.41, 5.74) is -0.147. The largest absolute Gasteiger partial charge is 0.482 e. The third kappa shape index (κ3) is 4.09. The first-order valence-electron chi connectivity index (χ1n) is 6.20. The lowest BCUT2D eigenvalue weighted by Gasteiger charge is -2.14. The molecule has 1 aromatic rings. The number of carbonyl (C=O) groups excluding carboxylic acids is 1. The van der Waals surface area contributed by atoms with Crippen LogP contribution in [0, 0.1) is 17.7 Å². The van der Waals surface area contributed by atoms with Gasteiger partial charge in [-0.05, 0) is 18.6 Å². The number of carboxylic acids is 1. The summed E-state index contributed by atoms with van der Waals surface area (Å²) < 4.78 is 54.0. The van der Waals surface area contributed by atoms with E-state index in [0.29, 0.717) is 6.07 Å². The molecule has 120 valence electrons. The molecular weight excluding hydrogens is 310 g/mol. The zero-order chi connectivity index (χ0) is 16.5. The predicted molar refractivity (Wildman–Crippen MR) is 65.8 cm³/mol. The fraction of sp³-hybridized carbons (Fsp3) is 0.385. The van der Waals surface area contributed by atoms with Crippen molar-refractivity contribution in [2.24, 2.45) is 11.8 Å². The van der Waals surface area contributed by atoms with E-state index in [9.17, 15) is 27.2 Å². The molecule has 0 bridgehead atoms. The van der Waals surface area contributed by atoms with Crippen molar-refractivity contribution in [3.05, 3.63) is 24.0 Å². The Balaban J connectivity index is 2.07. The van der Waals surface area contributed by atoms with E-state index >= 15 is 0 Å². The van der Waals surface area contributed by atoms with Crippen LogP contribution in [-0.2, 0) is 9.59 Å². The molecule has 1 aromatic carbocycles. The van der Waals surface area contributed by atoms with Crippen LogP contribution in [0.15, 0.2) is 18.2 Å². The number of carboxylic acid groups (broad SMARTS) is 1. The Morgan fingerprint density at radius 3 is 2.55 bits per heavy atom. The lowest BCUT2D eigenvalue weighted by atomic mass is 10.2. The van der Waals surface area contributed by atoms with Gasteiger partial charge in [-0.25, -0.2) is 4.39 Å². The lowest BCUT2D eigenvalue weighted by Crippen LogP contribution is -2.21. The molecule has 0 saturated heterocycles. The minimum atomic E-state index is -4.61. The van der Waals surface area contributed by atoms with Gasteiger partial charge < -0.3 is 15.2 Å². The predicted octanol–water partition coefficient (Wildman–Crippen LogP) is 2.43. The highest BCUT2D eigenvalue weighted by atomic mass is 19.4. The first kappa shape index (κ1) is 16.1. The van der Waals surface area contributed by atoms with E-state index in [-0.39, 0.29) is 12.1 Å². The summed E-state index contributed by atoms with van der Waals surface area (Å²) in [6.45, 7) is -1.64. The van der Waals surface area contributed by atoms with Crippen molar-refractivity contribution in [2.45, 2.75) is 12.6 Å². The number of carbonyl (C=O) groups is 2. The number of alkyl halides is 3. The number of rotatable bonds is 5. The van der Waals surface area contributed by atoms with Crippen molar-refractivity contribution in [1.82, 2.24) is 0 Å². The van der Waals surface area contributed by atoms with Crippen LogP contribution in [0.3, 0.4) is 0 Å². The molecule has 1 aliphatic rings. The van der Waals surface area contributed by atoms with Crippen LogP contribution in [-0.4, -0.2) is 29.8 Å². The number of hydrogen-bond acceptors (Lipinski definition) is 3. The molecule has 9 heteroatoms. The SMILES string of the molecule is O=C(O)[C@H]1C[C@@H]1C(=O)Nc1ccc(F)cc1OCC(F)(F)F. The molecule has 0 unspecified atom stereocenters. The van der Waals surface area contributed by atoms with Gasteiger partial charge in [0.1, 0.15) is 11.6 Å². The Bertz CT molecular complexity index is 602. The fourth-order valence-electron chi connectivity index (χ4n) is 1.86. The van der Waals surface area contributed by atoms with Crippen LogP contribution in [0.5, 0.6) is 5.75 Å². The first-order chi connectivity index (χ1) is 10.2. The van der Waals surface area contributed by atoms with Crippen molar-refractivity contribution in [3.63, 3.8) is 0 Å². The van der Waals surface area contributed by atoms with Gasteiger partial charge in [0.05, 0.1) is 17.5 Å². The van der Waals surface area contributed by atoms with Crippen LogP contribution in [0.25, 0.3) is 0 Å². The van der Waals surface area contributed by atoms with E-state index in [1.165, 1.54) is 0 Å². The smallest absolute Gasteiger partial charge is 0.422 e. The molecule has 0 heterocycles. The van der Waals surface area contributed by atoms with Gasteiger partial charge in [-0.1, -0.05) is 0 Å². The van der Waals surface area contributed by atoms with Crippen LogP contribution in [0.4, 0.5) is 23.2 Å². The number of ether oxygens (including phenoxy) is 1. The molecule has 1 amide bonds. The molecule has 1 saturated carbocycles. The van der Waals surface area contributed by atoms with Crippen molar-refractivity contribution >= 4 is 17.6 Å². The van der Waals surface area contributed by atoms with Gasteiger partial charge in [-0.3, -0.25) is 9.59 Å². The standard InChI is InChI=1S/C13H11F4NO4/c14-6-1-2-9(10(3-6)22-5-13(15,16)17)18-11(19)7-4-8(7)12(20)21/h1-3,7-8H,4-5H2,(H,18,19)(H,20,21)/t7-,8-/m0/s1. The molecule has 0 aromatic heterocycles. The van der Waals surface area contributed by atoms with Crippen molar-refractivity contribution in [3.8, 4) is 5.75 Å². The second-order valence-corrected chi connectivity index (χ2v) is 4.82. The zero-order valence-electron chi connectivity index (χ0n) is 11.0. The van der Waals surface area contributed by atoms with E-state index in [2.05, 4.69) is 10.1 Å². The number of nitrogens with one attached hydrogen (secondary N) is 1. The summed E-state index contributed by atoms with van der Waals surface area (Å²) >= 11 is 0. The quantitative estimate of drug-likeness (QED) is 0.817. The number of benzene rings is 1. The molecule has 0 spiro atoms. The Morgan fingerprint density at radius 2 is 2.00 bits per heavy atom. The van der Waals surface area contributed by atoms with Crippen molar-refractivity contribution in [2.75, 3.05) is 11.9 Å². The third-order valence-electron chi connectivity index (χ3n) is 3.04. The second-order valence-electron chi connectivity index (χ2n) is 4.82. The molecule has 5 nitrogen and oxygen atoms in total. The Kier molecular flexibility index (Phi) is 4.25. The van der Waals surface area contributed by atoms with E-state index < -0.39 is 48.1 Å². The number of aliphatic carboxylic acids is 1. The Morgan fingerprint density at radius 1 is 1.32 bits per heavy atom. The van der Waals surface area contributed by atoms with Crippen molar-refractivity contribution < 1.29 is 37.0 Å². The molecule has 22 heavy (non-hydrogen) atoms. The average Bonchev–Trinajstić information content (AvgIpc) is 3.18. The van der Waals surface area contributed by atoms with Gasteiger partial charge in [0.15, 0.2) is 6.61 Å². The molecule has 2 N–H and O–H groups in total. The van der Waals surface area contributed by atoms with E-state index in [1.54, 1.807) is 0 Å². The summed E-state index contributed by atoms with van der Waals surface area (Å²) in [7, 11) is 0. The maximum atomic E-state index is 13.1. The van der Waals surface area contributed by atoms with Crippen LogP contribution < -0.4 is 10.1 Å². The monoisotopic (exact) mass is 321 g/mol. The van der Waals surface area contributed by atoms with Gasteiger partial charge in [-0.2, -0.15) is 13.2 Å². The highest BCUT2D eigenvalue weighted by molar-refractivity contribution is 5.99. The Labute approximate surface area is 121 Å². The lowest BCUT2D eigenvalue weighted by molar-refractivity contribution is -0.153. The fourth-order valence-corrected chi connectivity index (χ4v) is 1.86. The second kappa shape index (κ2) is 5.82. The summed E-state index contributed by atoms with van der Waals surface area (Å²) in [5.74, 6) is -4.63. The minimum absolute atomic E-state index is 0.147. The molecule has 2 atom stereocenters. The minimum Gasteiger partial charge on any atom is -0.482 e. The normalized spacial score (nSPS) is 20.4. The maximum absolute atomic E-state index is 13.1. The summed E-state index contributed by atoms with van der Waals surface area (Å²) in [4.78, 5) is 22.5. The highest BCUT2D eigenvalue weighted by Gasteiger charge is 2.48. The Hall–Kier alpha value is -2.32. The van der Waals surface area contributed by atoms with Crippen LogP contribution >= 0.6 is 0 Å². The summed E-state index contributed by atoms with van der Waals surface area (Å²) in [5, 5.41) is 11.0. The van der Waals surface area contributed by atoms with Gasteiger partial charge in [-0.15, -0.1) is 0 Å². The van der Waals surface area contributed by atoms with Crippen LogP contribution in [0.1, 0.15) is 6.42 Å². The number of hydrogen-bond donors (Lipinski definition) is 2. The van der Waals surface area contributed by atoms with Gasteiger partial charge >= 0.3 is 12.1 Å². The third-order valence-corrected chi connectivity index (χ3v) is 3.04. The number of amides is 1. The zero-order valence-corrected chi connectivity index (χ0v) is 11.0. The van der Waals surface area contributed by atoms with Gasteiger partial charge in [0, 0.05) is 6.07 Å². The van der Waals surface area contributed by atoms with Crippen molar-refractivity contribution in [1.29, 1.82) is 0 Å². The topological polar surface area (TPSA) is 75.6 Å². The number of halogens is 4. The molecular formula is C13H11F4NO4. The highest BCUT2D eigenvalue weighted by Crippen LogP contribution is 2.40. The summed E-state index contributed by atoms with van der Waals surface area (Å²) in [6, 6.07) is 2.71. The average molecular weight is 321 g/mol.